The highest BCUT2D eigenvalue weighted by atomic mass is 16.1. The first-order valence-electron chi connectivity index (χ1n) is 6.67. The van der Waals surface area contributed by atoms with E-state index in [1.54, 1.807) is 7.05 Å². The van der Waals surface area contributed by atoms with Crippen molar-refractivity contribution in [3.8, 4) is 0 Å². The van der Waals surface area contributed by atoms with Gasteiger partial charge in [0, 0.05) is 52.4 Å². The van der Waals surface area contributed by atoms with Gasteiger partial charge < -0.3 is 10.6 Å². The van der Waals surface area contributed by atoms with Crippen LogP contribution in [-0.4, -0.2) is 74.6 Å². The summed E-state index contributed by atoms with van der Waals surface area (Å²) in [5.74, 6) is 0.130. The van der Waals surface area contributed by atoms with Crippen LogP contribution in [0.1, 0.15) is 12.8 Å². The summed E-state index contributed by atoms with van der Waals surface area (Å²) in [6, 6.07) is 0.734. The number of nitrogens with zero attached hydrogens (tertiary/aromatic N) is 2. The van der Waals surface area contributed by atoms with Gasteiger partial charge in [-0.05, 0) is 12.8 Å². The summed E-state index contributed by atoms with van der Waals surface area (Å²) in [4.78, 5) is 16.2. The first-order valence-corrected chi connectivity index (χ1v) is 6.67. The molecule has 1 amide bonds. The van der Waals surface area contributed by atoms with Crippen LogP contribution < -0.4 is 10.6 Å². The van der Waals surface area contributed by atoms with E-state index in [2.05, 4.69) is 20.4 Å². The van der Waals surface area contributed by atoms with Crippen molar-refractivity contribution in [1.29, 1.82) is 0 Å². The second-order valence-electron chi connectivity index (χ2n) is 4.97. The predicted octanol–water partition coefficient (Wildman–Crippen LogP) is -0.898. The Hall–Kier alpha value is -0.650. The first-order chi connectivity index (χ1) is 8.29. The molecule has 0 aromatic heterocycles. The van der Waals surface area contributed by atoms with Gasteiger partial charge in [-0.15, -0.1) is 0 Å². The van der Waals surface area contributed by atoms with Gasteiger partial charge in [-0.25, -0.2) is 0 Å². The van der Waals surface area contributed by atoms with Crippen LogP contribution in [0.15, 0.2) is 0 Å². The van der Waals surface area contributed by atoms with Crippen molar-refractivity contribution >= 4 is 5.91 Å². The SMILES string of the molecule is CNC(=O)CN1CCC(N2CCNCC2)CC1. The molecule has 2 rings (SSSR count). The molecule has 2 saturated heterocycles. The van der Waals surface area contributed by atoms with E-state index in [0.29, 0.717) is 6.54 Å². The number of piperidine rings is 1. The topological polar surface area (TPSA) is 47.6 Å². The highest BCUT2D eigenvalue weighted by Gasteiger charge is 2.25. The van der Waals surface area contributed by atoms with Gasteiger partial charge in [0.15, 0.2) is 0 Å². The molecule has 2 N–H and O–H groups in total. The molecule has 17 heavy (non-hydrogen) atoms. The number of hydrogen-bond acceptors (Lipinski definition) is 4. The smallest absolute Gasteiger partial charge is 0.233 e. The van der Waals surface area contributed by atoms with E-state index in [1.807, 2.05) is 0 Å². The summed E-state index contributed by atoms with van der Waals surface area (Å²) in [5.41, 5.74) is 0. The monoisotopic (exact) mass is 240 g/mol. The predicted molar refractivity (Wildman–Crippen MR) is 68.0 cm³/mol. The van der Waals surface area contributed by atoms with Crippen LogP contribution in [0, 0.1) is 0 Å². The molecule has 0 spiro atoms. The summed E-state index contributed by atoms with van der Waals surface area (Å²) in [7, 11) is 1.70. The summed E-state index contributed by atoms with van der Waals surface area (Å²) < 4.78 is 0. The summed E-state index contributed by atoms with van der Waals surface area (Å²) in [6.07, 6.45) is 2.41. The van der Waals surface area contributed by atoms with Gasteiger partial charge in [0.1, 0.15) is 0 Å². The normalized spacial score (nSPS) is 24.8. The van der Waals surface area contributed by atoms with Crippen molar-refractivity contribution in [3.63, 3.8) is 0 Å². The fourth-order valence-corrected chi connectivity index (χ4v) is 2.77. The lowest BCUT2D eigenvalue weighted by Gasteiger charge is -2.40. The molecule has 0 aliphatic carbocycles. The molecule has 5 nitrogen and oxygen atoms in total. The molecule has 0 unspecified atom stereocenters. The summed E-state index contributed by atoms with van der Waals surface area (Å²) >= 11 is 0. The van der Waals surface area contributed by atoms with Crippen molar-refractivity contribution in [2.24, 2.45) is 0 Å². The maximum atomic E-state index is 11.3. The van der Waals surface area contributed by atoms with Crippen molar-refractivity contribution in [3.05, 3.63) is 0 Å². The van der Waals surface area contributed by atoms with Crippen molar-refractivity contribution in [2.45, 2.75) is 18.9 Å². The molecule has 2 aliphatic heterocycles. The van der Waals surface area contributed by atoms with Gasteiger partial charge in [0.2, 0.25) is 5.91 Å². The Balaban J connectivity index is 1.71. The van der Waals surface area contributed by atoms with Crippen molar-refractivity contribution in [2.75, 3.05) is 52.9 Å². The van der Waals surface area contributed by atoms with Crippen LogP contribution in [0.5, 0.6) is 0 Å². The zero-order valence-electron chi connectivity index (χ0n) is 10.7. The number of amides is 1. The number of carbonyl (C=O) groups is 1. The third-order valence-electron chi connectivity index (χ3n) is 3.87. The Labute approximate surface area is 104 Å². The molecule has 0 aromatic rings. The van der Waals surface area contributed by atoms with Crippen molar-refractivity contribution < 1.29 is 4.79 Å². The number of rotatable bonds is 3. The van der Waals surface area contributed by atoms with E-state index in [4.69, 9.17) is 0 Å². The largest absolute Gasteiger partial charge is 0.358 e. The van der Waals surface area contributed by atoms with E-state index >= 15 is 0 Å². The molecule has 0 bridgehead atoms. The van der Waals surface area contributed by atoms with Gasteiger partial charge in [-0.3, -0.25) is 14.6 Å². The molecule has 2 heterocycles. The van der Waals surface area contributed by atoms with Gasteiger partial charge in [0.05, 0.1) is 6.54 Å². The van der Waals surface area contributed by atoms with Crippen molar-refractivity contribution in [1.82, 2.24) is 20.4 Å². The molecule has 2 fully saturated rings. The molecule has 2 aliphatic rings. The molecule has 0 aromatic carbocycles. The molecular formula is C12H24N4O. The minimum absolute atomic E-state index is 0.130. The first kappa shape index (κ1) is 12.8. The second kappa shape index (κ2) is 6.33. The van der Waals surface area contributed by atoms with E-state index < -0.39 is 0 Å². The quantitative estimate of drug-likeness (QED) is 0.671. The molecule has 5 heteroatoms. The average molecular weight is 240 g/mol. The lowest BCUT2D eigenvalue weighted by atomic mass is 10.0. The second-order valence-corrected chi connectivity index (χ2v) is 4.97. The van der Waals surface area contributed by atoms with Crippen LogP contribution in [0.25, 0.3) is 0 Å². The van der Waals surface area contributed by atoms with E-state index in [0.717, 1.165) is 32.2 Å². The van der Waals surface area contributed by atoms with Gasteiger partial charge in [0.25, 0.3) is 0 Å². The molecule has 98 valence electrons. The lowest BCUT2D eigenvalue weighted by Crippen LogP contribution is -2.52. The highest BCUT2D eigenvalue weighted by Crippen LogP contribution is 2.16. The zero-order chi connectivity index (χ0) is 12.1. The zero-order valence-corrected chi connectivity index (χ0v) is 10.7. The minimum Gasteiger partial charge on any atom is -0.358 e. The molecule has 0 saturated carbocycles. The standard InChI is InChI=1S/C12H24N4O/c1-13-12(17)10-15-6-2-11(3-7-15)16-8-4-14-5-9-16/h11,14H,2-10H2,1H3,(H,13,17). The summed E-state index contributed by atoms with van der Waals surface area (Å²) in [6.45, 7) is 7.28. The number of hydrogen-bond donors (Lipinski definition) is 2. The molecule has 0 radical (unpaired) electrons. The summed E-state index contributed by atoms with van der Waals surface area (Å²) in [5, 5.41) is 6.08. The third-order valence-corrected chi connectivity index (χ3v) is 3.87. The number of nitrogens with one attached hydrogen (secondary N) is 2. The Bertz CT molecular complexity index is 245. The van der Waals surface area contributed by atoms with E-state index in [-0.39, 0.29) is 5.91 Å². The maximum Gasteiger partial charge on any atom is 0.233 e. The number of likely N-dealkylation sites (tertiary alicyclic amines) is 1. The number of piperazine rings is 1. The van der Waals surface area contributed by atoms with Gasteiger partial charge >= 0.3 is 0 Å². The number of likely N-dealkylation sites (N-methyl/N-ethyl adjacent to an activating group) is 1. The van der Waals surface area contributed by atoms with Crippen LogP contribution in [0.3, 0.4) is 0 Å². The lowest BCUT2D eigenvalue weighted by molar-refractivity contribution is -0.122. The molecule has 0 atom stereocenters. The van der Waals surface area contributed by atoms with E-state index in [9.17, 15) is 4.79 Å². The fraction of sp³-hybridized carbons (Fsp3) is 0.917. The number of carbonyl (C=O) groups excluding carboxylic acids is 1. The fourth-order valence-electron chi connectivity index (χ4n) is 2.77. The maximum absolute atomic E-state index is 11.3. The van der Waals surface area contributed by atoms with Gasteiger partial charge in [-0.2, -0.15) is 0 Å². The third kappa shape index (κ3) is 3.66. The van der Waals surface area contributed by atoms with Crippen LogP contribution >= 0.6 is 0 Å². The van der Waals surface area contributed by atoms with Crippen LogP contribution in [0.4, 0.5) is 0 Å². The Morgan fingerprint density at radius 1 is 1.24 bits per heavy atom. The Morgan fingerprint density at radius 2 is 1.88 bits per heavy atom. The van der Waals surface area contributed by atoms with Gasteiger partial charge in [-0.1, -0.05) is 0 Å². The van der Waals surface area contributed by atoms with Crippen LogP contribution in [0.2, 0.25) is 0 Å². The van der Waals surface area contributed by atoms with E-state index in [1.165, 1.54) is 25.9 Å². The molecular weight excluding hydrogens is 216 g/mol. The minimum atomic E-state index is 0.130. The Kier molecular flexibility index (Phi) is 4.76. The average Bonchev–Trinajstić information content (AvgIpc) is 2.40. The Morgan fingerprint density at radius 3 is 2.47 bits per heavy atom. The van der Waals surface area contributed by atoms with Crippen LogP contribution in [-0.2, 0) is 4.79 Å². The highest BCUT2D eigenvalue weighted by molar-refractivity contribution is 5.77.